The highest BCUT2D eigenvalue weighted by Gasteiger charge is 2.32. The molecule has 0 heterocycles. The van der Waals surface area contributed by atoms with E-state index in [1.807, 2.05) is 6.07 Å². The summed E-state index contributed by atoms with van der Waals surface area (Å²) in [5.74, 6) is -0.501. The van der Waals surface area contributed by atoms with Crippen LogP contribution in [0.5, 0.6) is 17.2 Å². The summed E-state index contributed by atoms with van der Waals surface area (Å²) < 4.78 is 52.0. The van der Waals surface area contributed by atoms with E-state index in [-0.39, 0.29) is 36.2 Å². The molecule has 0 amide bonds. The molecular formula is C24H28O6. The highest BCUT2D eigenvalue weighted by molar-refractivity contribution is 6.02. The summed E-state index contributed by atoms with van der Waals surface area (Å²) >= 11 is 0. The zero-order valence-electron chi connectivity index (χ0n) is 21.3. The van der Waals surface area contributed by atoms with Gasteiger partial charge in [-0.05, 0) is 50.5 Å². The van der Waals surface area contributed by atoms with Crippen LogP contribution in [0.15, 0.2) is 30.3 Å². The lowest BCUT2D eigenvalue weighted by Crippen LogP contribution is -2.33. The standard InChI is InChI=1S/C24H28O6/c1-6-29-23(26)24(2,3)14-30-21-18(11-13-20(27-4)22(21)28-5)15-8-7-9-17-16(15)10-12-19(17)25/h7-9,11,13H,6,10,12,14H2,1-5H3/i4D2,5D2. The molecule has 6 heteroatoms. The Hall–Kier alpha value is -3.02. The van der Waals surface area contributed by atoms with Crippen LogP contribution in [0, 0.1) is 5.41 Å². The van der Waals surface area contributed by atoms with E-state index in [1.165, 1.54) is 6.07 Å². The number of hydrogen-bond acceptors (Lipinski definition) is 6. The Labute approximate surface area is 182 Å². The van der Waals surface area contributed by atoms with Crippen molar-refractivity contribution < 1.29 is 34.0 Å². The van der Waals surface area contributed by atoms with E-state index in [2.05, 4.69) is 0 Å². The van der Waals surface area contributed by atoms with Gasteiger partial charge in [0.2, 0.25) is 5.75 Å². The molecule has 0 unspecified atom stereocenters. The van der Waals surface area contributed by atoms with Gasteiger partial charge in [0, 0.05) is 17.5 Å². The number of esters is 1. The second kappa shape index (κ2) is 8.78. The van der Waals surface area contributed by atoms with Gasteiger partial charge in [-0.25, -0.2) is 0 Å². The molecule has 0 saturated heterocycles. The minimum atomic E-state index is -1.75. The maximum atomic E-state index is 12.4. The second-order valence-corrected chi connectivity index (χ2v) is 7.65. The summed E-state index contributed by atoms with van der Waals surface area (Å²) in [4.78, 5) is 24.7. The van der Waals surface area contributed by atoms with Crippen LogP contribution in [-0.4, -0.2) is 39.1 Å². The summed E-state index contributed by atoms with van der Waals surface area (Å²) in [5, 5.41) is 0. The first-order chi connectivity index (χ1) is 16.0. The zero-order valence-corrected chi connectivity index (χ0v) is 17.3. The van der Waals surface area contributed by atoms with Gasteiger partial charge >= 0.3 is 5.97 Å². The first-order valence-electron chi connectivity index (χ1n) is 12.0. The number of Topliss-reactive ketones (excluding diaryl/α,β-unsaturated/α-hetero) is 1. The number of benzene rings is 2. The smallest absolute Gasteiger partial charge is 0.314 e. The lowest BCUT2D eigenvalue weighted by Gasteiger charge is -2.25. The Morgan fingerprint density at radius 2 is 1.80 bits per heavy atom. The van der Waals surface area contributed by atoms with Crippen LogP contribution >= 0.6 is 0 Å². The molecule has 1 aliphatic carbocycles. The SMILES string of the molecule is [2H]C([2H])Oc1ccc(-c2cccc3c2CCC3=O)c(OCC(C)(C)C(=O)OCC)c1OC([2H])[2H]. The van der Waals surface area contributed by atoms with E-state index in [9.17, 15) is 9.59 Å². The van der Waals surface area contributed by atoms with Gasteiger partial charge in [-0.2, -0.15) is 0 Å². The largest absolute Gasteiger partial charge is 0.493 e. The lowest BCUT2D eigenvalue weighted by atomic mass is 9.94. The molecule has 160 valence electrons. The van der Waals surface area contributed by atoms with Crippen molar-refractivity contribution in [3.63, 3.8) is 0 Å². The van der Waals surface area contributed by atoms with Gasteiger partial charge in [-0.1, -0.05) is 18.2 Å². The van der Waals surface area contributed by atoms with E-state index in [0.29, 0.717) is 29.5 Å². The maximum absolute atomic E-state index is 12.4. The molecule has 0 aliphatic heterocycles. The lowest BCUT2D eigenvalue weighted by molar-refractivity contribution is -0.155. The molecule has 30 heavy (non-hydrogen) atoms. The van der Waals surface area contributed by atoms with Crippen molar-refractivity contribution in [1.29, 1.82) is 0 Å². The Morgan fingerprint density at radius 3 is 2.53 bits per heavy atom. The average molecular weight is 417 g/mol. The quantitative estimate of drug-likeness (QED) is 0.592. The van der Waals surface area contributed by atoms with Gasteiger partial charge in [-0.3, -0.25) is 9.59 Å². The van der Waals surface area contributed by atoms with Gasteiger partial charge in [0.15, 0.2) is 17.3 Å². The number of carbonyl (C=O) groups excluding carboxylic acids is 2. The third-order valence-electron chi connectivity index (χ3n) is 5.09. The van der Waals surface area contributed by atoms with Crippen LogP contribution in [0.1, 0.15) is 48.6 Å². The molecule has 0 bridgehead atoms. The molecule has 0 saturated carbocycles. The molecular weight excluding hydrogens is 384 g/mol. The third kappa shape index (κ3) is 3.99. The number of methoxy groups -OCH3 is 2. The van der Waals surface area contributed by atoms with Crippen LogP contribution in [-0.2, 0) is 16.0 Å². The van der Waals surface area contributed by atoms with Crippen molar-refractivity contribution in [1.82, 2.24) is 0 Å². The molecule has 1 aliphatic rings. The average Bonchev–Trinajstić information content (AvgIpc) is 3.14. The number of hydrogen-bond donors (Lipinski definition) is 0. The highest BCUT2D eigenvalue weighted by atomic mass is 16.5. The van der Waals surface area contributed by atoms with E-state index in [1.54, 1.807) is 39.0 Å². The maximum Gasteiger partial charge on any atom is 0.314 e. The van der Waals surface area contributed by atoms with E-state index in [4.69, 9.17) is 24.4 Å². The van der Waals surface area contributed by atoms with Crippen molar-refractivity contribution in [2.75, 3.05) is 27.3 Å². The van der Waals surface area contributed by atoms with Crippen LogP contribution in [0.2, 0.25) is 0 Å². The van der Waals surface area contributed by atoms with Gasteiger partial charge in [0.05, 0.1) is 31.6 Å². The number of fused-ring (bicyclic) bond motifs is 1. The predicted molar refractivity (Wildman–Crippen MR) is 114 cm³/mol. The third-order valence-corrected chi connectivity index (χ3v) is 5.09. The summed E-state index contributed by atoms with van der Waals surface area (Å²) in [6.45, 7) is 5.11. The van der Waals surface area contributed by atoms with E-state index < -0.39 is 25.5 Å². The molecule has 0 atom stereocenters. The van der Waals surface area contributed by atoms with E-state index in [0.717, 1.165) is 5.56 Å². The second-order valence-electron chi connectivity index (χ2n) is 7.65. The Morgan fingerprint density at radius 1 is 1.03 bits per heavy atom. The van der Waals surface area contributed by atoms with Crippen molar-refractivity contribution in [3.05, 3.63) is 41.5 Å². The fourth-order valence-electron chi connectivity index (χ4n) is 3.49. The molecule has 0 spiro atoms. The van der Waals surface area contributed by atoms with E-state index >= 15 is 0 Å². The van der Waals surface area contributed by atoms with Gasteiger partial charge in [0.1, 0.15) is 6.61 Å². The summed E-state index contributed by atoms with van der Waals surface area (Å²) in [7, 11) is -3.44. The topological polar surface area (TPSA) is 71.1 Å². The Kier molecular flexibility index (Phi) is 4.90. The monoisotopic (exact) mass is 416 g/mol. The normalized spacial score (nSPS) is 15.2. The number of ketones is 1. The molecule has 0 fully saturated rings. The number of rotatable bonds is 8. The number of ether oxygens (including phenoxy) is 4. The summed E-state index contributed by atoms with van der Waals surface area (Å²) in [6.07, 6.45) is 0.942. The zero-order chi connectivity index (χ0) is 25.0. The minimum Gasteiger partial charge on any atom is -0.493 e. The first kappa shape index (κ1) is 16.7. The van der Waals surface area contributed by atoms with Gasteiger partial charge in [-0.15, -0.1) is 0 Å². The van der Waals surface area contributed by atoms with Crippen LogP contribution in [0.4, 0.5) is 0 Å². The molecule has 2 aromatic rings. The molecule has 0 aromatic heterocycles. The molecule has 6 nitrogen and oxygen atoms in total. The minimum absolute atomic E-state index is 0.0443. The van der Waals surface area contributed by atoms with Gasteiger partial charge in [0.25, 0.3) is 0 Å². The Bertz CT molecular complexity index is 1070. The Balaban J connectivity index is 2.16. The molecule has 2 aromatic carbocycles. The first-order valence-corrected chi connectivity index (χ1v) is 9.70. The van der Waals surface area contributed by atoms with Crippen molar-refractivity contribution >= 4 is 11.8 Å². The highest BCUT2D eigenvalue weighted by Crippen LogP contribution is 2.47. The predicted octanol–water partition coefficient (Wildman–Crippen LogP) is 4.47. The van der Waals surface area contributed by atoms with Crippen LogP contribution in [0.25, 0.3) is 11.1 Å². The molecule has 0 N–H and O–H groups in total. The molecule has 3 rings (SSSR count). The van der Waals surface area contributed by atoms with Gasteiger partial charge < -0.3 is 18.9 Å². The van der Waals surface area contributed by atoms with Crippen molar-refractivity contribution in [2.45, 2.75) is 33.6 Å². The van der Waals surface area contributed by atoms with Crippen molar-refractivity contribution in [2.24, 2.45) is 5.41 Å². The fraction of sp³-hybridized carbons (Fsp3) is 0.417. The molecule has 0 radical (unpaired) electrons. The summed E-state index contributed by atoms with van der Waals surface area (Å²) in [5.41, 5.74) is 1.65. The fourth-order valence-corrected chi connectivity index (χ4v) is 3.49. The number of carbonyl (C=O) groups is 2. The van der Waals surface area contributed by atoms with Crippen LogP contribution < -0.4 is 14.2 Å². The van der Waals surface area contributed by atoms with Crippen molar-refractivity contribution in [3.8, 4) is 28.4 Å². The summed E-state index contributed by atoms with van der Waals surface area (Å²) in [6, 6.07) is 8.48. The van der Waals surface area contributed by atoms with Crippen LogP contribution in [0.3, 0.4) is 0 Å².